The summed E-state index contributed by atoms with van der Waals surface area (Å²) in [6.45, 7) is 6.28. The molecule has 0 bridgehead atoms. The molecule has 0 atom stereocenters. The average molecular weight is 432 g/mol. The van der Waals surface area contributed by atoms with Crippen LogP contribution in [0.15, 0.2) is 45.3 Å². The zero-order chi connectivity index (χ0) is 20.9. The molecule has 0 saturated heterocycles. The summed E-state index contributed by atoms with van der Waals surface area (Å²) in [6.07, 6.45) is 4.53. The number of anilines is 1. The Bertz CT molecular complexity index is 960. The van der Waals surface area contributed by atoms with E-state index < -0.39 is 0 Å². The fourth-order valence-corrected chi connectivity index (χ4v) is 4.32. The molecule has 29 heavy (non-hydrogen) atoms. The van der Waals surface area contributed by atoms with E-state index in [4.69, 9.17) is 9.15 Å². The molecule has 8 heteroatoms. The number of aromatic nitrogens is 2. The van der Waals surface area contributed by atoms with Crippen LogP contribution < -0.4 is 10.1 Å². The Morgan fingerprint density at radius 1 is 1.24 bits per heavy atom. The van der Waals surface area contributed by atoms with E-state index in [9.17, 15) is 4.79 Å². The van der Waals surface area contributed by atoms with E-state index >= 15 is 0 Å². The van der Waals surface area contributed by atoms with Gasteiger partial charge in [-0.05, 0) is 18.1 Å². The number of para-hydroxylation sites is 1. The largest absolute Gasteiger partial charge is 0.496 e. The first kappa shape index (κ1) is 21.4. The zero-order valence-electron chi connectivity index (χ0n) is 17.0. The summed E-state index contributed by atoms with van der Waals surface area (Å²) >= 11 is 3.04. The van der Waals surface area contributed by atoms with Crippen LogP contribution in [-0.2, 0) is 22.4 Å². The summed E-state index contributed by atoms with van der Waals surface area (Å²) in [6, 6.07) is 7.73. The first-order valence-corrected chi connectivity index (χ1v) is 11.1. The summed E-state index contributed by atoms with van der Waals surface area (Å²) < 4.78 is 12.1. The van der Waals surface area contributed by atoms with Gasteiger partial charge in [0.25, 0.3) is 0 Å². The van der Waals surface area contributed by atoms with Crippen molar-refractivity contribution in [2.45, 2.75) is 49.0 Å². The lowest BCUT2D eigenvalue weighted by molar-refractivity contribution is -0.116. The third kappa shape index (κ3) is 6.08. The minimum atomic E-state index is -0.0654. The van der Waals surface area contributed by atoms with Gasteiger partial charge in [0.2, 0.25) is 11.8 Å². The lowest BCUT2D eigenvalue weighted by Gasteiger charge is -2.12. The molecule has 0 radical (unpaired) electrons. The van der Waals surface area contributed by atoms with E-state index in [0.29, 0.717) is 29.6 Å². The smallest absolute Gasteiger partial charge is 0.226 e. The number of carbonyl (C=O) groups is 1. The van der Waals surface area contributed by atoms with Gasteiger partial charge < -0.3 is 14.5 Å². The van der Waals surface area contributed by atoms with Crippen LogP contribution in [0, 0.1) is 0 Å². The molecule has 0 saturated carbocycles. The molecule has 154 valence electrons. The molecule has 0 unspecified atom stereocenters. The van der Waals surface area contributed by atoms with Gasteiger partial charge in [0, 0.05) is 11.8 Å². The number of amides is 1. The number of ether oxygens (including phenoxy) is 1. The number of oxazole rings is 1. The molecular weight excluding hydrogens is 406 g/mol. The van der Waals surface area contributed by atoms with Gasteiger partial charge in [-0.15, -0.1) is 11.8 Å². The predicted molar refractivity (Wildman–Crippen MR) is 117 cm³/mol. The molecule has 6 nitrogen and oxygen atoms in total. The Balaban J connectivity index is 1.48. The van der Waals surface area contributed by atoms with Crippen molar-refractivity contribution in [1.82, 2.24) is 9.97 Å². The summed E-state index contributed by atoms with van der Waals surface area (Å²) in [7, 11) is 1.63. The molecule has 3 aromatic rings. The number of benzene rings is 1. The summed E-state index contributed by atoms with van der Waals surface area (Å²) in [5, 5.41) is 3.47. The van der Waals surface area contributed by atoms with Crippen LogP contribution in [0.3, 0.4) is 0 Å². The SMILES string of the molecule is COc1ccccc1CCC(=O)Nc1ncc(SCc2ncc(C(C)(C)C)o2)s1. The highest BCUT2D eigenvalue weighted by Gasteiger charge is 2.19. The van der Waals surface area contributed by atoms with Crippen molar-refractivity contribution < 1.29 is 13.9 Å². The van der Waals surface area contributed by atoms with Crippen LogP contribution in [0.5, 0.6) is 5.75 Å². The van der Waals surface area contributed by atoms with Crippen LogP contribution in [0.4, 0.5) is 5.13 Å². The highest BCUT2D eigenvalue weighted by atomic mass is 32.2. The molecular formula is C21H25N3O3S2. The topological polar surface area (TPSA) is 77.2 Å². The van der Waals surface area contributed by atoms with Crippen molar-refractivity contribution in [3.8, 4) is 5.75 Å². The van der Waals surface area contributed by atoms with Crippen LogP contribution >= 0.6 is 23.1 Å². The van der Waals surface area contributed by atoms with Gasteiger partial charge in [-0.3, -0.25) is 4.79 Å². The maximum absolute atomic E-state index is 12.3. The lowest BCUT2D eigenvalue weighted by atomic mass is 9.94. The second-order valence-electron chi connectivity index (χ2n) is 7.50. The van der Waals surface area contributed by atoms with Crippen molar-refractivity contribution in [2.24, 2.45) is 0 Å². The maximum atomic E-state index is 12.3. The van der Waals surface area contributed by atoms with E-state index in [-0.39, 0.29) is 11.3 Å². The zero-order valence-corrected chi connectivity index (χ0v) is 18.7. The fourth-order valence-electron chi connectivity index (χ4n) is 2.58. The number of methoxy groups -OCH3 is 1. The number of rotatable bonds is 8. The average Bonchev–Trinajstić information content (AvgIpc) is 3.34. The van der Waals surface area contributed by atoms with E-state index in [2.05, 4.69) is 36.1 Å². The molecule has 1 aromatic carbocycles. The molecule has 0 fully saturated rings. The predicted octanol–water partition coefficient (Wildman–Crippen LogP) is 5.30. The van der Waals surface area contributed by atoms with Crippen LogP contribution in [-0.4, -0.2) is 23.0 Å². The van der Waals surface area contributed by atoms with Crippen molar-refractivity contribution in [2.75, 3.05) is 12.4 Å². The highest BCUT2D eigenvalue weighted by molar-refractivity contribution is 8.00. The molecule has 2 aromatic heterocycles. The molecule has 0 aliphatic rings. The van der Waals surface area contributed by atoms with E-state index in [1.165, 1.54) is 11.3 Å². The molecule has 0 aliphatic carbocycles. The number of hydrogen-bond acceptors (Lipinski definition) is 7. The molecule has 3 rings (SSSR count). The Hall–Kier alpha value is -2.32. The van der Waals surface area contributed by atoms with E-state index in [1.807, 2.05) is 24.3 Å². The standard InChI is InChI=1S/C21H25N3O3S2/c1-21(2,3)16-11-22-18(27-16)13-28-19-12-23-20(29-19)24-17(25)10-9-14-7-5-6-8-15(14)26-4/h5-8,11-12H,9-10,13H2,1-4H3,(H,23,24,25). The Morgan fingerprint density at radius 2 is 2.03 bits per heavy atom. The fraction of sp³-hybridized carbons (Fsp3) is 0.381. The third-order valence-corrected chi connectivity index (χ3v) is 6.27. The second kappa shape index (κ2) is 9.45. The van der Waals surface area contributed by atoms with E-state index in [1.54, 1.807) is 31.3 Å². The minimum absolute atomic E-state index is 0.0539. The molecule has 1 amide bonds. The van der Waals surface area contributed by atoms with Gasteiger partial charge in [-0.25, -0.2) is 9.97 Å². The Kier molecular flexibility index (Phi) is 6.97. The van der Waals surface area contributed by atoms with Crippen LogP contribution in [0.1, 0.15) is 44.4 Å². The number of carbonyl (C=O) groups excluding carboxylic acids is 1. The second-order valence-corrected chi connectivity index (χ2v) is 9.81. The van der Waals surface area contributed by atoms with Crippen molar-refractivity contribution in [1.29, 1.82) is 0 Å². The third-order valence-electron chi connectivity index (χ3n) is 4.18. The number of thiazole rings is 1. The number of hydrogen-bond donors (Lipinski definition) is 1. The van der Waals surface area contributed by atoms with Gasteiger partial charge >= 0.3 is 0 Å². The van der Waals surface area contributed by atoms with Crippen LogP contribution in [0.2, 0.25) is 0 Å². The monoisotopic (exact) mass is 431 g/mol. The van der Waals surface area contributed by atoms with Crippen molar-refractivity contribution in [3.63, 3.8) is 0 Å². The van der Waals surface area contributed by atoms with Gasteiger partial charge in [0.1, 0.15) is 11.5 Å². The highest BCUT2D eigenvalue weighted by Crippen LogP contribution is 2.32. The normalized spacial score (nSPS) is 11.4. The number of nitrogens with one attached hydrogen (secondary N) is 1. The summed E-state index contributed by atoms with van der Waals surface area (Å²) in [5.41, 5.74) is 0.961. The summed E-state index contributed by atoms with van der Waals surface area (Å²) in [4.78, 5) is 20.9. The molecule has 2 heterocycles. The van der Waals surface area contributed by atoms with Gasteiger partial charge in [-0.2, -0.15) is 0 Å². The van der Waals surface area contributed by atoms with Gasteiger partial charge in [0.05, 0.1) is 29.5 Å². The molecule has 0 spiro atoms. The molecule has 1 N–H and O–H groups in total. The number of aryl methyl sites for hydroxylation is 1. The maximum Gasteiger partial charge on any atom is 0.226 e. The number of nitrogens with zero attached hydrogens (tertiary/aromatic N) is 2. The Labute approximate surface area is 179 Å². The molecule has 0 aliphatic heterocycles. The van der Waals surface area contributed by atoms with Crippen LogP contribution in [0.25, 0.3) is 0 Å². The number of thioether (sulfide) groups is 1. The first-order chi connectivity index (χ1) is 13.8. The van der Waals surface area contributed by atoms with Crippen molar-refractivity contribution >= 4 is 34.1 Å². The Morgan fingerprint density at radius 3 is 2.76 bits per heavy atom. The van der Waals surface area contributed by atoms with E-state index in [0.717, 1.165) is 21.3 Å². The first-order valence-electron chi connectivity index (χ1n) is 9.30. The quantitative estimate of drug-likeness (QED) is 0.488. The summed E-state index contributed by atoms with van der Waals surface area (Å²) in [5.74, 6) is 2.93. The van der Waals surface area contributed by atoms with Gasteiger partial charge in [-0.1, -0.05) is 50.3 Å². The minimum Gasteiger partial charge on any atom is -0.496 e. The van der Waals surface area contributed by atoms with Gasteiger partial charge in [0.15, 0.2) is 5.13 Å². The van der Waals surface area contributed by atoms with Crippen molar-refractivity contribution in [3.05, 3.63) is 53.9 Å². The lowest BCUT2D eigenvalue weighted by Crippen LogP contribution is -2.12.